The van der Waals surface area contributed by atoms with Gasteiger partial charge in [-0.2, -0.15) is 0 Å². The Hall–Kier alpha value is -4.44. The third-order valence-electron chi connectivity index (χ3n) is 8.33. The standard InChI is InChI=1S/C34H26O4/c1-19-13-15-27(21(3)17-19)33(29(35)23-9-5-6-10-24(23)30(33)36)34(28-16-14-20(2)18-22(28)4)31(37)25-11-7-8-12-26(25)32(34)38/h5-18H,1-4H3. The molecule has 186 valence electrons. The lowest BCUT2D eigenvalue weighted by Crippen LogP contribution is -2.63. The van der Waals surface area contributed by atoms with Crippen molar-refractivity contribution in [3.8, 4) is 0 Å². The molecule has 0 aromatic heterocycles. The molecule has 4 aromatic rings. The second-order valence-electron chi connectivity index (χ2n) is 10.5. The molecule has 4 aromatic carbocycles. The average Bonchev–Trinajstić information content (AvgIpc) is 3.26. The lowest BCUT2D eigenvalue weighted by atomic mass is 9.51. The number of hydrogen-bond donors (Lipinski definition) is 0. The Morgan fingerprint density at radius 1 is 0.421 bits per heavy atom. The van der Waals surface area contributed by atoms with E-state index < -0.39 is 34.0 Å². The van der Waals surface area contributed by atoms with E-state index in [0.717, 1.165) is 11.1 Å². The number of ketones is 4. The van der Waals surface area contributed by atoms with Crippen LogP contribution in [-0.4, -0.2) is 23.1 Å². The van der Waals surface area contributed by atoms with Crippen LogP contribution < -0.4 is 0 Å². The smallest absolute Gasteiger partial charge is 0.183 e. The zero-order chi connectivity index (χ0) is 27.0. The van der Waals surface area contributed by atoms with E-state index in [2.05, 4.69) is 0 Å². The Morgan fingerprint density at radius 2 is 0.711 bits per heavy atom. The van der Waals surface area contributed by atoms with Gasteiger partial charge in [0.25, 0.3) is 0 Å². The van der Waals surface area contributed by atoms with E-state index in [4.69, 9.17) is 0 Å². The van der Waals surface area contributed by atoms with Crippen molar-refractivity contribution in [3.63, 3.8) is 0 Å². The molecule has 0 amide bonds. The van der Waals surface area contributed by atoms with E-state index in [-0.39, 0.29) is 22.3 Å². The van der Waals surface area contributed by atoms with Crippen molar-refractivity contribution in [1.82, 2.24) is 0 Å². The van der Waals surface area contributed by atoms with Crippen molar-refractivity contribution >= 4 is 23.1 Å². The Bertz CT molecular complexity index is 1540. The van der Waals surface area contributed by atoms with Crippen molar-refractivity contribution in [2.75, 3.05) is 0 Å². The summed E-state index contributed by atoms with van der Waals surface area (Å²) in [4.78, 5) is 59.3. The van der Waals surface area contributed by atoms with Crippen LogP contribution in [0.5, 0.6) is 0 Å². The number of rotatable bonds is 3. The Morgan fingerprint density at radius 3 is 0.974 bits per heavy atom. The molecule has 2 aliphatic carbocycles. The van der Waals surface area contributed by atoms with Gasteiger partial charge in [0, 0.05) is 22.3 Å². The Kier molecular flexibility index (Phi) is 5.06. The number of carbonyl (C=O) groups excluding carboxylic acids is 4. The van der Waals surface area contributed by atoms with Gasteiger partial charge in [-0.25, -0.2) is 0 Å². The van der Waals surface area contributed by atoms with E-state index in [9.17, 15) is 19.2 Å². The SMILES string of the molecule is Cc1ccc(C2(C3(c4ccc(C)cc4C)C(=O)c4ccccc4C3=O)C(=O)c3ccccc3C2=O)c(C)c1. The highest BCUT2D eigenvalue weighted by molar-refractivity contribution is 6.45. The molecule has 0 N–H and O–H groups in total. The molecule has 0 radical (unpaired) electrons. The molecule has 0 spiro atoms. The molecule has 4 nitrogen and oxygen atoms in total. The summed E-state index contributed by atoms with van der Waals surface area (Å²) < 4.78 is 0. The summed E-state index contributed by atoms with van der Waals surface area (Å²) in [5.74, 6) is -2.06. The summed E-state index contributed by atoms with van der Waals surface area (Å²) >= 11 is 0. The molecule has 0 heterocycles. The second kappa shape index (κ2) is 8.03. The number of hydrogen-bond acceptors (Lipinski definition) is 4. The van der Waals surface area contributed by atoms with Crippen molar-refractivity contribution < 1.29 is 19.2 Å². The molecular formula is C34H26O4. The highest BCUT2D eigenvalue weighted by Crippen LogP contribution is 2.59. The van der Waals surface area contributed by atoms with Gasteiger partial charge in [0.15, 0.2) is 23.1 Å². The van der Waals surface area contributed by atoms with Gasteiger partial charge in [-0.3, -0.25) is 19.2 Å². The van der Waals surface area contributed by atoms with Crippen LogP contribution in [0.2, 0.25) is 0 Å². The number of benzene rings is 4. The second-order valence-corrected chi connectivity index (χ2v) is 10.5. The largest absolute Gasteiger partial charge is 0.293 e. The molecule has 0 saturated carbocycles. The number of carbonyl (C=O) groups is 4. The molecule has 4 heteroatoms. The van der Waals surface area contributed by atoms with Gasteiger partial charge in [0.1, 0.15) is 10.8 Å². The molecule has 6 rings (SSSR count). The summed E-state index contributed by atoms with van der Waals surface area (Å²) in [5, 5.41) is 0. The molecule has 38 heavy (non-hydrogen) atoms. The predicted octanol–water partition coefficient (Wildman–Crippen LogP) is 6.25. The highest BCUT2D eigenvalue weighted by atomic mass is 16.2. The highest BCUT2D eigenvalue weighted by Gasteiger charge is 2.75. The summed E-state index contributed by atoms with van der Waals surface area (Å²) in [6, 6.07) is 24.3. The van der Waals surface area contributed by atoms with Crippen LogP contribution in [0.15, 0.2) is 84.9 Å². The van der Waals surface area contributed by atoms with Crippen molar-refractivity contribution in [2.24, 2.45) is 0 Å². The molecule has 0 aliphatic heterocycles. The third kappa shape index (κ3) is 2.70. The first kappa shape index (κ1) is 23.9. The quantitative estimate of drug-likeness (QED) is 0.313. The number of aryl methyl sites for hydroxylation is 4. The first-order chi connectivity index (χ1) is 18.2. The fourth-order valence-corrected chi connectivity index (χ4v) is 6.82. The molecule has 0 unspecified atom stereocenters. The van der Waals surface area contributed by atoms with Crippen LogP contribution in [0.4, 0.5) is 0 Å². The van der Waals surface area contributed by atoms with Gasteiger partial charge in [0.05, 0.1) is 0 Å². The zero-order valence-corrected chi connectivity index (χ0v) is 21.7. The average molecular weight is 499 g/mol. The summed E-state index contributed by atoms with van der Waals surface area (Å²) in [6.45, 7) is 7.52. The Balaban J connectivity index is 1.86. The minimum atomic E-state index is -2.10. The summed E-state index contributed by atoms with van der Waals surface area (Å²) in [7, 11) is 0. The van der Waals surface area contributed by atoms with Crippen LogP contribution in [0, 0.1) is 27.7 Å². The lowest BCUT2D eigenvalue weighted by molar-refractivity contribution is 0.0556. The molecule has 0 bridgehead atoms. The first-order valence-electron chi connectivity index (χ1n) is 12.7. The van der Waals surface area contributed by atoms with Crippen LogP contribution in [-0.2, 0) is 10.8 Å². The predicted molar refractivity (Wildman–Crippen MR) is 145 cm³/mol. The lowest BCUT2D eigenvalue weighted by Gasteiger charge is -2.43. The molecule has 0 fully saturated rings. The van der Waals surface area contributed by atoms with Gasteiger partial charge >= 0.3 is 0 Å². The van der Waals surface area contributed by atoms with Crippen LogP contribution in [0.3, 0.4) is 0 Å². The molecule has 0 saturated heterocycles. The van der Waals surface area contributed by atoms with Crippen molar-refractivity contribution in [1.29, 1.82) is 0 Å². The van der Waals surface area contributed by atoms with Gasteiger partial charge in [0.2, 0.25) is 0 Å². The normalized spacial score (nSPS) is 17.1. The van der Waals surface area contributed by atoms with Crippen LogP contribution >= 0.6 is 0 Å². The fourth-order valence-electron chi connectivity index (χ4n) is 6.82. The van der Waals surface area contributed by atoms with Crippen molar-refractivity contribution in [3.05, 3.63) is 141 Å². The summed E-state index contributed by atoms with van der Waals surface area (Å²) in [6.07, 6.45) is 0. The van der Waals surface area contributed by atoms with Crippen LogP contribution in [0.25, 0.3) is 0 Å². The van der Waals surface area contributed by atoms with E-state index in [1.807, 2.05) is 52.0 Å². The van der Waals surface area contributed by atoms with E-state index in [0.29, 0.717) is 22.3 Å². The first-order valence-corrected chi connectivity index (χ1v) is 12.7. The van der Waals surface area contributed by atoms with E-state index >= 15 is 0 Å². The number of Topliss-reactive ketones (excluding diaryl/α,β-unsaturated/α-hetero) is 4. The maximum absolute atomic E-state index is 14.8. The van der Waals surface area contributed by atoms with Gasteiger partial charge in [-0.15, -0.1) is 0 Å². The molecule has 2 aliphatic rings. The third-order valence-corrected chi connectivity index (χ3v) is 8.33. The van der Waals surface area contributed by atoms with Gasteiger partial charge in [-0.1, -0.05) is 96.1 Å². The maximum Gasteiger partial charge on any atom is 0.183 e. The van der Waals surface area contributed by atoms with Crippen LogP contribution in [0.1, 0.15) is 74.8 Å². The fraction of sp³-hybridized carbons (Fsp3) is 0.176. The Labute approximate surface area is 221 Å². The minimum absolute atomic E-state index is 0.234. The van der Waals surface area contributed by atoms with Crippen molar-refractivity contribution in [2.45, 2.75) is 38.5 Å². The number of fused-ring (bicyclic) bond motifs is 2. The van der Waals surface area contributed by atoms with Gasteiger partial charge in [-0.05, 0) is 49.9 Å². The topological polar surface area (TPSA) is 68.3 Å². The maximum atomic E-state index is 14.8. The molecule has 0 atom stereocenters. The van der Waals surface area contributed by atoms with E-state index in [1.165, 1.54) is 0 Å². The van der Waals surface area contributed by atoms with Gasteiger partial charge < -0.3 is 0 Å². The van der Waals surface area contributed by atoms with E-state index in [1.54, 1.807) is 60.7 Å². The molecular weight excluding hydrogens is 472 g/mol. The minimum Gasteiger partial charge on any atom is -0.293 e. The monoisotopic (exact) mass is 498 g/mol. The zero-order valence-electron chi connectivity index (χ0n) is 21.7. The summed E-state index contributed by atoms with van der Waals surface area (Å²) in [5.41, 5.74) is 0.790.